The van der Waals surface area contributed by atoms with Crippen LogP contribution in [0.5, 0.6) is 11.5 Å². The summed E-state index contributed by atoms with van der Waals surface area (Å²) in [6.07, 6.45) is 1.01. The molecule has 0 saturated heterocycles. The fraction of sp³-hybridized carbons (Fsp3) is 0.231. The van der Waals surface area contributed by atoms with E-state index in [1.165, 1.54) is 18.2 Å². The molecule has 1 aromatic carbocycles. The summed E-state index contributed by atoms with van der Waals surface area (Å²) in [5, 5.41) is 9.05. The summed E-state index contributed by atoms with van der Waals surface area (Å²) in [7, 11) is -4.53. The first-order valence-corrected chi connectivity index (χ1v) is 7.55. The number of rotatable bonds is 9. The maximum Gasteiger partial charge on any atom is 0.397 e. The number of carboxylic acid groups (broad SMARTS) is 1. The molecule has 10 heteroatoms. The maximum absolute atomic E-state index is 11.1. The van der Waals surface area contributed by atoms with E-state index in [4.69, 9.17) is 19.1 Å². The molecule has 1 aromatic rings. The zero-order valence-electron chi connectivity index (χ0n) is 11.8. The zero-order chi connectivity index (χ0) is 17.5. The molecule has 0 fully saturated rings. The smallest absolute Gasteiger partial charge is 0.397 e. The normalized spacial score (nSPS) is 10.8. The summed E-state index contributed by atoms with van der Waals surface area (Å²) in [5.74, 6) is -1.99. The van der Waals surface area contributed by atoms with E-state index in [1.54, 1.807) is 0 Å². The minimum atomic E-state index is -4.53. The van der Waals surface area contributed by atoms with Gasteiger partial charge in [-0.1, -0.05) is 6.58 Å². The lowest BCUT2D eigenvalue weighted by Gasteiger charge is -2.10. The first-order valence-electron chi connectivity index (χ1n) is 6.19. The minimum Gasteiger partial charge on any atom is -0.492 e. The molecule has 0 unspecified atom stereocenters. The van der Waals surface area contributed by atoms with E-state index in [9.17, 15) is 18.0 Å². The van der Waals surface area contributed by atoms with E-state index in [-0.39, 0.29) is 36.7 Å². The summed E-state index contributed by atoms with van der Waals surface area (Å²) >= 11 is 0. The summed E-state index contributed by atoms with van der Waals surface area (Å²) in [6.45, 7) is 2.80. The van der Waals surface area contributed by atoms with Gasteiger partial charge in [0, 0.05) is 18.6 Å². The first-order chi connectivity index (χ1) is 10.7. The van der Waals surface area contributed by atoms with Gasteiger partial charge in [0.1, 0.15) is 17.1 Å². The molecule has 0 heterocycles. The van der Waals surface area contributed by atoms with Gasteiger partial charge in [0.15, 0.2) is 0 Å². The van der Waals surface area contributed by atoms with Crippen molar-refractivity contribution in [1.82, 2.24) is 0 Å². The lowest BCUT2D eigenvalue weighted by molar-refractivity contribution is -0.128. The molecule has 0 spiro atoms. The summed E-state index contributed by atoms with van der Waals surface area (Å²) in [4.78, 5) is 22.2. The molecule has 0 atom stereocenters. The molecule has 0 amide bonds. The van der Waals surface area contributed by atoms with Gasteiger partial charge in [-0.15, -0.1) is 0 Å². The van der Waals surface area contributed by atoms with Gasteiger partial charge < -0.3 is 14.6 Å². The SMILES string of the molecule is C=CC(=O)Oc1ccc(C(=O)O)c(OCCCOS(=O)(=O)O)c1. The Balaban J connectivity index is 2.73. The molecule has 126 valence electrons. The molecule has 9 nitrogen and oxygen atoms in total. The van der Waals surface area contributed by atoms with Crippen LogP contribution in [0, 0.1) is 0 Å². The third-order valence-corrected chi connectivity index (χ3v) is 2.81. The Bertz CT molecular complexity index is 693. The predicted octanol–water partition coefficient (Wildman–Crippen LogP) is 1.06. The monoisotopic (exact) mass is 346 g/mol. The van der Waals surface area contributed by atoms with Crippen LogP contribution in [0.4, 0.5) is 0 Å². The van der Waals surface area contributed by atoms with Crippen molar-refractivity contribution in [1.29, 1.82) is 0 Å². The molecule has 0 bridgehead atoms. The van der Waals surface area contributed by atoms with Crippen molar-refractivity contribution in [3.8, 4) is 11.5 Å². The maximum atomic E-state index is 11.1. The van der Waals surface area contributed by atoms with Crippen LogP contribution >= 0.6 is 0 Å². The van der Waals surface area contributed by atoms with Crippen molar-refractivity contribution in [3.63, 3.8) is 0 Å². The van der Waals surface area contributed by atoms with Gasteiger partial charge in [-0.25, -0.2) is 13.8 Å². The van der Waals surface area contributed by atoms with Crippen molar-refractivity contribution >= 4 is 22.3 Å². The number of aromatic carboxylic acids is 1. The topological polar surface area (TPSA) is 136 Å². The quantitative estimate of drug-likeness (QED) is 0.221. The first kappa shape index (κ1) is 18.6. The largest absolute Gasteiger partial charge is 0.492 e. The van der Waals surface area contributed by atoms with E-state index in [0.29, 0.717) is 0 Å². The molecule has 0 aliphatic heterocycles. The fourth-order valence-electron chi connectivity index (χ4n) is 1.43. The van der Waals surface area contributed by atoms with Gasteiger partial charge in [-0.2, -0.15) is 8.42 Å². The van der Waals surface area contributed by atoms with Gasteiger partial charge in [0.05, 0.1) is 13.2 Å². The van der Waals surface area contributed by atoms with E-state index in [1.807, 2.05) is 0 Å². The molecule has 0 radical (unpaired) electrons. The Morgan fingerprint density at radius 3 is 2.52 bits per heavy atom. The Morgan fingerprint density at radius 2 is 1.96 bits per heavy atom. The van der Waals surface area contributed by atoms with Crippen molar-refractivity contribution < 1.29 is 41.3 Å². The van der Waals surface area contributed by atoms with Gasteiger partial charge in [-0.3, -0.25) is 4.55 Å². The van der Waals surface area contributed by atoms with Crippen molar-refractivity contribution in [3.05, 3.63) is 36.4 Å². The van der Waals surface area contributed by atoms with Gasteiger partial charge in [0.2, 0.25) is 0 Å². The number of esters is 1. The second-order valence-corrected chi connectivity index (χ2v) is 5.13. The van der Waals surface area contributed by atoms with E-state index in [2.05, 4.69) is 10.8 Å². The van der Waals surface area contributed by atoms with Crippen LogP contribution in [0.25, 0.3) is 0 Å². The highest BCUT2D eigenvalue weighted by atomic mass is 32.3. The Kier molecular flexibility index (Phi) is 6.69. The summed E-state index contributed by atoms with van der Waals surface area (Å²) in [5.41, 5.74) is -0.167. The molecule has 2 N–H and O–H groups in total. The number of hydrogen-bond donors (Lipinski definition) is 2. The van der Waals surface area contributed by atoms with E-state index >= 15 is 0 Å². The third kappa shape index (κ3) is 6.91. The van der Waals surface area contributed by atoms with Crippen LogP contribution < -0.4 is 9.47 Å². The average molecular weight is 346 g/mol. The molecule has 0 aromatic heterocycles. The predicted molar refractivity (Wildman–Crippen MR) is 76.8 cm³/mol. The van der Waals surface area contributed by atoms with Crippen molar-refractivity contribution in [2.75, 3.05) is 13.2 Å². The molecule has 0 aliphatic rings. The summed E-state index contributed by atoms with van der Waals surface area (Å²) < 4.78 is 43.2. The molecule has 0 aliphatic carbocycles. The third-order valence-electron chi connectivity index (χ3n) is 2.35. The van der Waals surface area contributed by atoms with Crippen LogP contribution in [0.15, 0.2) is 30.9 Å². The molecule has 1 rings (SSSR count). The molecule has 23 heavy (non-hydrogen) atoms. The van der Waals surface area contributed by atoms with Gasteiger partial charge in [-0.05, 0) is 12.1 Å². The zero-order valence-corrected chi connectivity index (χ0v) is 12.6. The Labute approximate surface area is 132 Å². The second-order valence-electron chi connectivity index (χ2n) is 4.04. The highest BCUT2D eigenvalue weighted by Crippen LogP contribution is 2.25. The van der Waals surface area contributed by atoms with Crippen LogP contribution in [-0.2, 0) is 19.4 Å². The number of carbonyl (C=O) groups is 2. The minimum absolute atomic E-state index is 0.0593. The lowest BCUT2D eigenvalue weighted by atomic mass is 10.2. The standard InChI is InChI=1S/C13H14O9S/c1-2-12(14)22-9-4-5-10(13(15)16)11(8-9)20-6-3-7-21-23(17,18)19/h2,4-5,8H,1,3,6-7H2,(H,15,16)(H,17,18,19). The number of ether oxygens (including phenoxy) is 2. The van der Waals surface area contributed by atoms with Crippen molar-refractivity contribution in [2.45, 2.75) is 6.42 Å². The summed E-state index contributed by atoms with van der Waals surface area (Å²) in [6, 6.07) is 3.67. The Hall–Kier alpha value is -2.43. The number of hydrogen-bond acceptors (Lipinski definition) is 7. The van der Waals surface area contributed by atoms with Gasteiger partial charge in [0.25, 0.3) is 0 Å². The van der Waals surface area contributed by atoms with Gasteiger partial charge >= 0.3 is 22.3 Å². The second kappa shape index (κ2) is 8.27. The average Bonchev–Trinajstić information content (AvgIpc) is 2.45. The van der Waals surface area contributed by atoms with Crippen LogP contribution in [0.3, 0.4) is 0 Å². The van der Waals surface area contributed by atoms with E-state index < -0.39 is 22.3 Å². The number of carbonyl (C=O) groups excluding carboxylic acids is 1. The van der Waals surface area contributed by atoms with E-state index in [0.717, 1.165) is 6.08 Å². The highest BCUT2D eigenvalue weighted by molar-refractivity contribution is 7.80. The Morgan fingerprint density at radius 1 is 1.26 bits per heavy atom. The van der Waals surface area contributed by atoms with Crippen LogP contribution in [0.1, 0.15) is 16.8 Å². The molecule has 0 saturated carbocycles. The van der Waals surface area contributed by atoms with Crippen molar-refractivity contribution in [2.24, 2.45) is 0 Å². The number of carboxylic acids is 1. The lowest BCUT2D eigenvalue weighted by Crippen LogP contribution is -2.10. The van der Waals surface area contributed by atoms with Crippen LogP contribution in [0.2, 0.25) is 0 Å². The highest BCUT2D eigenvalue weighted by Gasteiger charge is 2.14. The number of benzene rings is 1. The van der Waals surface area contributed by atoms with Crippen LogP contribution in [-0.4, -0.2) is 43.2 Å². The molecular formula is C13H14O9S. The fourth-order valence-corrected chi connectivity index (χ4v) is 1.75. The molecular weight excluding hydrogens is 332 g/mol.